The van der Waals surface area contributed by atoms with Gasteiger partial charge in [-0.05, 0) is 11.6 Å². The average Bonchev–Trinajstić information content (AvgIpc) is 2.77. The van der Waals surface area contributed by atoms with Crippen LogP contribution in [0, 0.1) is 0 Å². The molecule has 3 aromatic rings. The van der Waals surface area contributed by atoms with Gasteiger partial charge in [-0.25, -0.2) is 4.98 Å². The van der Waals surface area contributed by atoms with Crippen LogP contribution in [0.2, 0.25) is 5.28 Å². The van der Waals surface area contributed by atoms with Gasteiger partial charge in [-0.15, -0.1) is 0 Å². The summed E-state index contributed by atoms with van der Waals surface area (Å²) in [5.41, 5.74) is 1.84. The lowest BCUT2D eigenvalue weighted by Crippen LogP contribution is -1.92. The van der Waals surface area contributed by atoms with Crippen LogP contribution in [-0.2, 0) is 0 Å². The first-order valence-electron chi connectivity index (χ1n) is 4.47. The molecule has 0 spiro atoms. The molecule has 0 amide bonds. The zero-order valence-electron chi connectivity index (χ0n) is 7.92. The molecule has 0 atom stereocenters. The summed E-state index contributed by atoms with van der Waals surface area (Å²) in [4.78, 5) is 16.3. The van der Waals surface area contributed by atoms with Gasteiger partial charge >= 0.3 is 0 Å². The Morgan fingerprint density at radius 3 is 2.88 bits per heavy atom. The highest BCUT2D eigenvalue weighted by Crippen LogP contribution is 2.23. The van der Waals surface area contributed by atoms with E-state index in [-0.39, 0.29) is 5.28 Å². The lowest BCUT2D eigenvalue weighted by atomic mass is 10.2. The average molecular weight is 233 g/mol. The highest BCUT2D eigenvalue weighted by molar-refractivity contribution is 6.28. The van der Waals surface area contributed by atoms with E-state index < -0.39 is 0 Å². The van der Waals surface area contributed by atoms with E-state index in [9.17, 15) is 0 Å². The first kappa shape index (κ1) is 9.17. The molecule has 0 bridgehead atoms. The van der Waals surface area contributed by atoms with Crippen molar-refractivity contribution in [1.29, 1.82) is 0 Å². The molecule has 78 valence electrons. The van der Waals surface area contributed by atoms with Crippen LogP contribution < -0.4 is 0 Å². The molecule has 3 heterocycles. The lowest BCUT2D eigenvalue weighted by molar-refractivity contribution is 1.09. The summed E-state index contributed by atoms with van der Waals surface area (Å²) in [6.07, 6.45) is 6.44. The van der Waals surface area contributed by atoms with Crippen LogP contribution in [0.1, 0.15) is 0 Å². The molecule has 0 aliphatic heterocycles. The third-order valence-electron chi connectivity index (χ3n) is 2.09. The molecule has 6 nitrogen and oxygen atoms in total. The zero-order valence-corrected chi connectivity index (χ0v) is 8.68. The molecular formula is C9H5ClN6. The lowest BCUT2D eigenvalue weighted by Gasteiger charge is -2.00. The molecular weight excluding hydrogens is 228 g/mol. The predicted octanol–water partition coefficient (Wildman–Crippen LogP) is 1.46. The Bertz CT molecular complexity index is 635. The van der Waals surface area contributed by atoms with E-state index in [1.54, 1.807) is 24.8 Å². The number of fused-ring (bicyclic) bond motifs is 1. The van der Waals surface area contributed by atoms with Crippen LogP contribution in [0.5, 0.6) is 0 Å². The Labute approximate surface area is 94.7 Å². The highest BCUT2D eigenvalue weighted by atomic mass is 35.5. The fourth-order valence-corrected chi connectivity index (χ4v) is 1.59. The van der Waals surface area contributed by atoms with Gasteiger partial charge in [0.1, 0.15) is 11.4 Å². The summed E-state index contributed by atoms with van der Waals surface area (Å²) in [6.45, 7) is 0. The Morgan fingerprint density at radius 1 is 1.12 bits per heavy atom. The van der Waals surface area contributed by atoms with E-state index in [1.165, 1.54) is 0 Å². The second-order valence-corrected chi connectivity index (χ2v) is 3.40. The third kappa shape index (κ3) is 1.40. The summed E-state index contributed by atoms with van der Waals surface area (Å²) in [5, 5.41) is 7.55. The van der Waals surface area contributed by atoms with E-state index in [0.717, 1.165) is 5.39 Å². The minimum atomic E-state index is 0.150. The fourth-order valence-electron chi connectivity index (χ4n) is 1.42. The quantitative estimate of drug-likeness (QED) is 0.643. The number of nitrogens with zero attached hydrogens (tertiary/aromatic N) is 5. The molecule has 3 aromatic heterocycles. The third-order valence-corrected chi connectivity index (χ3v) is 2.26. The molecule has 0 saturated heterocycles. The number of hydrogen-bond acceptors (Lipinski definition) is 5. The first-order valence-corrected chi connectivity index (χ1v) is 4.85. The molecule has 0 aliphatic rings. The van der Waals surface area contributed by atoms with E-state index in [1.807, 2.05) is 0 Å². The maximum absolute atomic E-state index is 5.81. The molecule has 7 heteroatoms. The fraction of sp³-hybridized carbons (Fsp3) is 0. The van der Waals surface area contributed by atoms with Crippen molar-refractivity contribution in [2.45, 2.75) is 0 Å². The molecule has 0 aliphatic carbocycles. The molecule has 16 heavy (non-hydrogen) atoms. The van der Waals surface area contributed by atoms with Gasteiger partial charge in [0.15, 0.2) is 5.65 Å². The highest BCUT2D eigenvalue weighted by Gasteiger charge is 2.11. The number of halogens is 1. The van der Waals surface area contributed by atoms with Crippen LogP contribution >= 0.6 is 11.6 Å². The van der Waals surface area contributed by atoms with Crippen molar-refractivity contribution >= 4 is 22.6 Å². The first-order chi connectivity index (χ1) is 7.84. The summed E-state index contributed by atoms with van der Waals surface area (Å²) in [6, 6.07) is 0. The van der Waals surface area contributed by atoms with Gasteiger partial charge in [-0.2, -0.15) is 10.1 Å². The van der Waals surface area contributed by atoms with Gasteiger partial charge in [0.2, 0.25) is 5.28 Å². The summed E-state index contributed by atoms with van der Waals surface area (Å²) in [7, 11) is 0. The van der Waals surface area contributed by atoms with Gasteiger partial charge in [0.05, 0.1) is 17.8 Å². The summed E-state index contributed by atoms with van der Waals surface area (Å²) < 4.78 is 0. The van der Waals surface area contributed by atoms with Crippen molar-refractivity contribution in [3.05, 3.63) is 30.1 Å². The van der Waals surface area contributed by atoms with Crippen molar-refractivity contribution < 1.29 is 0 Å². The van der Waals surface area contributed by atoms with E-state index in [2.05, 4.69) is 30.1 Å². The topological polar surface area (TPSA) is 80.2 Å². The molecule has 0 radical (unpaired) electrons. The number of hydrogen-bond donors (Lipinski definition) is 1. The minimum absolute atomic E-state index is 0.150. The molecule has 0 fully saturated rings. The Hall–Kier alpha value is -2.08. The van der Waals surface area contributed by atoms with Crippen molar-refractivity contribution in [2.24, 2.45) is 0 Å². The normalized spacial score (nSPS) is 10.8. The number of nitrogens with one attached hydrogen (secondary N) is 1. The smallest absolute Gasteiger partial charge is 0.225 e. The molecule has 0 aromatic carbocycles. The van der Waals surface area contributed by atoms with Crippen molar-refractivity contribution in [2.75, 3.05) is 0 Å². The second-order valence-electron chi connectivity index (χ2n) is 3.06. The summed E-state index contributed by atoms with van der Waals surface area (Å²) >= 11 is 5.81. The Morgan fingerprint density at radius 2 is 2.06 bits per heavy atom. The van der Waals surface area contributed by atoms with Crippen molar-refractivity contribution in [3.8, 4) is 11.4 Å². The van der Waals surface area contributed by atoms with E-state index >= 15 is 0 Å². The largest absolute Gasteiger partial charge is 0.261 e. The van der Waals surface area contributed by atoms with Crippen LogP contribution in [-0.4, -0.2) is 30.1 Å². The second kappa shape index (κ2) is 3.49. The molecule has 1 N–H and O–H groups in total. The summed E-state index contributed by atoms with van der Waals surface area (Å²) in [5.74, 6) is 0. The molecule has 3 rings (SSSR count). The standard InChI is InChI=1S/C9H5ClN6/c10-9-14-7(6-4-11-1-2-12-6)5-3-13-16-8(5)15-9/h1-4H,(H,13,14,15,16). The SMILES string of the molecule is Clc1nc(-c2cnccn2)c2cn[nH]c2n1. The predicted molar refractivity (Wildman–Crippen MR) is 57.7 cm³/mol. The van der Waals surface area contributed by atoms with Crippen molar-refractivity contribution in [3.63, 3.8) is 0 Å². The minimum Gasteiger partial charge on any atom is -0.261 e. The van der Waals surface area contributed by atoms with Crippen molar-refractivity contribution in [1.82, 2.24) is 30.1 Å². The van der Waals surface area contributed by atoms with Gasteiger partial charge in [0, 0.05) is 12.4 Å². The monoisotopic (exact) mass is 232 g/mol. The maximum Gasteiger partial charge on any atom is 0.225 e. The van der Waals surface area contributed by atoms with Gasteiger partial charge in [-0.1, -0.05) is 0 Å². The zero-order chi connectivity index (χ0) is 11.0. The maximum atomic E-state index is 5.81. The van der Waals surface area contributed by atoms with Crippen LogP contribution in [0.25, 0.3) is 22.4 Å². The number of aromatic nitrogens is 6. The molecule has 0 unspecified atom stereocenters. The van der Waals surface area contributed by atoms with Crippen LogP contribution in [0.4, 0.5) is 0 Å². The number of H-pyrrole nitrogens is 1. The molecule has 0 saturated carbocycles. The van der Waals surface area contributed by atoms with E-state index in [4.69, 9.17) is 11.6 Å². The number of rotatable bonds is 1. The van der Waals surface area contributed by atoms with Crippen LogP contribution in [0.15, 0.2) is 24.8 Å². The number of aromatic amines is 1. The van der Waals surface area contributed by atoms with Gasteiger partial charge in [-0.3, -0.25) is 15.1 Å². The van der Waals surface area contributed by atoms with E-state index in [0.29, 0.717) is 17.0 Å². The Balaban J connectivity index is 2.34. The Kier molecular flexibility index (Phi) is 2.00. The van der Waals surface area contributed by atoms with Crippen LogP contribution in [0.3, 0.4) is 0 Å². The van der Waals surface area contributed by atoms with Gasteiger partial charge < -0.3 is 0 Å². The van der Waals surface area contributed by atoms with Gasteiger partial charge in [0.25, 0.3) is 0 Å².